The van der Waals surface area contributed by atoms with Crippen molar-refractivity contribution in [2.45, 2.75) is 25.3 Å². The molecule has 1 fully saturated rings. The number of para-hydroxylation sites is 1. The molecule has 0 radical (unpaired) electrons. The number of nitrogens with one attached hydrogen (secondary N) is 1. The van der Waals surface area contributed by atoms with E-state index in [-0.39, 0.29) is 11.8 Å². The van der Waals surface area contributed by atoms with Gasteiger partial charge in [-0.1, -0.05) is 17.7 Å². The van der Waals surface area contributed by atoms with E-state index in [0.717, 1.165) is 5.52 Å². The van der Waals surface area contributed by atoms with Gasteiger partial charge in [0.25, 0.3) is 0 Å². The molecule has 0 saturated carbocycles. The molecule has 2 amide bonds. The lowest BCUT2D eigenvalue weighted by Crippen LogP contribution is -2.42. The van der Waals surface area contributed by atoms with Crippen LogP contribution in [0.5, 0.6) is 0 Å². The Morgan fingerprint density at radius 2 is 2.19 bits per heavy atom. The fraction of sp³-hybridized carbons (Fsp3) is 0.357. The summed E-state index contributed by atoms with van der Waals surface area (Å²) in [5.74, 6) is 0.545. The number of piperidine rings is 1. The highest BCUT2D eigenvalue weighted by molar-refractivity contribution is 6.35. The normalized spacial score (nSPS) is 19.0. The highest BCUT2D eigenvalue weighted by atomic mass is 35.5. The molecule has 1 N–H and O–H groups in total. The fourth-order valence-corrected chi connectivity index (χ4v) is 3.11. The number of alkyl halides is 1. The van der Waals surface area contributed by atoms with Gasteiger partial charge in [0.2, 0.25) is 11.8 Å². The minimum atomic E-state index is -0.481. The zero-order chi connectivity index (χ0) is 15.0. The quantitative estimate of drug-likeness (QED) is 0.696. The Balaban J connectivity index is 2.17. The Labute approximate surface area is 131 Å². The number of aromatic nitrogens is 2. The van der Waals surface area contributed by atoms with Crippen molar-refractivity contribution in [2.24, 2.45) is 0 Å². The minimum Gasteiger partial charge on any atom is -0.314 e. The van der Waals surface area contributed by atoms with Crippen LogP contribution in [0.25, 0.3) is 11.0 Å². The van der Waals surface area contributed by atoms with Gasteiger partial charge < -0.3 is 4.57 Å². The zero-order valence-electron chi connectivity index (χ0n) is 11.1. The number of imide groups is 1. The van der Waals surface area contributed by atoms with E-state index < -0.39 is 6.04 Å². The van der Waals surface area contributed by atoms with E-state index in [4.69, 9.17) is 23.2 Å². The zero-order valence-corrected chi connectivity index (χ0v) is 12.6. The van der Waals surface area contributed by atoms with Crippen LogP contribution in [0, 0.1) is 0 Å². The van der Waals surface area contributed by atoms with Crippen LogP contribution in [0.1, 0.15) is 24.7 Å². The smallest absolute Gasteiger partial charge is 0.249 e. The van der Waals surface area contributed by atoms with Gasteiger partial charge >= 0.3 is 0 Å². The molecular formula is C14H13Cl2N3O2. The monoisotopic (exact) mass is 325 g/mol. The van der Waals surface area contributed by atoms with E-state index in [1.165, 1.54) is 0 Å². The molecule has 1 atom stereocenters. The second kappa shape index (κ2) is 5.66. The SMILES string of the molecule is O=C1CCC(n2c(CCCl)nc3cccc(Cl)c32)C(=O)N1. The van der Waals surface area contributed by atoms with Crippen LogP contribution in [0.15, 0.2) is 18.2 Å². The summed E-state index contributed by atoms with van der Waals surface area (Å²) in [6, 6.07) is 4.95. The third-order valence-corrected chi connectivity index (χ3v) is 4.07. The molecule has 3 rings (SSSR count). The lowest BCUT2D eigenvalue weighted by atomic mass is 10.1. The van der Waals surface area contributed by atoms with E-state index in [0.29, 0.717) is 41.5 Å². The van der Waals surface area contributed by atoms with Crippen LogP contribution < -0.4 is 5.32 Å². The van der Waals surface area contributed by atoms with Crippen molar-refractivity contribution in [1.29, 1.82) is 0 Å². The van der Waals surface area contributed by atoms with Crippen molar-refractivity contribution in [2.75, 3.05) is 5.88 Å². The first-order chi connectivity index (χ1) is 10.1. The Bertz CT molecular complexity index is 726. The van der Waals surface area contributed by atoms with Crippen molar-refractivity contribution < 1.29 is 9.59 Å². The highest BCUT2D eigenvalue weighted by Crippen LogP contribution is 2.31. The van der Waals surface area contributed by atoms with Crippen LogP contribution in [0.4, 0.5) is 0 Å². The first-order valence-corrected chi connectivity index (χ1v) is 7.58. The Morgan fingerprint density at radius 1 is 1.38 bits per heavy atom. The van der Waals surface area contributed by atoms with Gasteiger partial charge in [-0.2, -0.15) is 0 Å². The summed E-state index contributed by atoms with van der Waals surface area (Å²) < 4.78 is 1.82. The largest absolute Gasteiger partial charge is 0.314 e. The molecule has 0 aliphatic carbocycles. The number of nitrogens with zero attached hydrogens (tertiary/aromatic N) is 2. The molecule has 0 spiro atoms. The topological polar surface area (TPSA) is 64.0 Å². The van der Waals surface area contributed by atoms with Gasteiger partial charge in [0.1, 0.15) is 11.9 Å². The van der Waals surface area contributed by atoms with Crippen molar-refractivity contribution >= 4 is 46.0 Å². The molecule has 1 aromatic heterocycles. The van der Waals surface area contributed by atoms with Crippen LogP contribution in [-0.4, -0.2) is 27.2 Å². The summed E-state index contributed by atoms with van der Waals surface area (Å²) in [5.41, 5.74) is 1.45. The Hall–Kier alpha value is -1.59. The summed E-state index contributed by atoms with van der Waals surface area (Å²) in [6.07, 6.45) is 1.28. The molecule has 1 aliphatic heterocycles. The molecule has 2 heterocycles. The van der Waals surface area contributed by atoms with Crippen LogP contribution >= 0.6 is 23.2 Å². The lowest BCUT2D eigenvalue weighted by Gasteiger charge is -2.24. The lowest BCUT2D eigenvalue weighted by molar-refractivity contribution is -0.135. The van der Waals surface area contributed by atoms with Gasteiger partial charge in [0.05, 0.1) is 16.1 Å². The average Bonchev–Trinajstić information content (AvgIpc) is 2.79. The molecule has 7 heteroatoms. The molecule has 1 unspecified atom stereocenters. The molecule has 1 aromatic carbocycles. The Kier molecular flexibility index (Phi) is 3.87. The van der Waals surface area contributed by atoms with E-state index in [2.05, 4.69) is 10.3 Å². The van der Waals surface area contributed by atoms with Gasteiger partial charge in [-0.05, 0) is 18.6 Å². The number of rotatable bonds is 3. The van der Waals surface area contributed by atoms with Crippen molar-refractivity contribution in [3.8, 4) is 0 Å². The summed E-state index contributed by atoms with van der Waals surface area (Å²) in [6.45, 7) is 0. The molecular weight excluding hydrogens is 313 g/mol. The average molecular weight is 326 g/mol. The van der Waals surface area contributed by atoms with E-state index >= 15 is 0 Å². The summed E-state index contributed by atoms with van der Waals surface area (Å²) in [5, 5.41) is 2.90. The van der Waals surface area contributed by atoms with Crippen molar-refractivity contribution in [3.63, 3.8) is 0 Å². The predicted molar refractivity (Wildman–Crippen MR) is 80.6 cm³/mol. The molecule has 21 heavy (non-hydrogen) atoms. The van der Waals surface area contributed by atoms with E-state index in [1.54, 1.807) is 6.07 Å². The summed E-state index contributed by atoms with van der Waals surface area (Å²) >= 11 is 12.1. The number of halogens is 2. The van der Waals surface area contributed by atoms with Gasteiger partial charge in [0, 0.05) is 18.7 Å². The molecule has 2 aromatic rings. The molecule has 110 valence electrons. The number of hydrogen-bond acceptors (Lipinski definition) is 3. The summed E-state index contributed by atoms with van der Waals surface area (Å²) in [7, 11) is 0. The summed E-state index contributed by atoms with van der Waals surface area (Å²) in [4.78, 5) is 28.0. The Morgan fingerprint density at radius 3 is 2.90 bits per heavy atom. The second-order valence-electron chi connectivity index (χ2n) is 4.91. The first kappa shape index (κ1) is 14.4. The first-order valence-electron chi connectivity index (χ1n) is 6.67. The molecule has 1 aliphatic rings. The number of carbonyl (C=O) groups is 2. The standard InChI is InChI=1S/C14H13Cl2N3O2/c15-7-6-11-17-9-3-1-2-8(16)13(9)19(11)10-4-5-12(20)18-14(10)21/h1-3,10H,4-7H2,(H,18,20,21). The molecule has 1 saturated heterocycles. The van der Waals surface area contributed by atoms with Gasteiger partial charge in [0.15, 0.2) is 0 Å². The van der Waals surface area contributed by atoms with Gasteiger partial charge in [-0.3, -0.25) is 14.9 Å². The van der Waals surface area contributed by atoms with E-state index in [9.17, 15) is 9.59 Å². The van der Waals surface area contributed by atoms with Crippen LogP contribution in [-0.2, 0) is 16.0 Å². The number of hydrogen-bond donors (Lipinski definition) is 1. The maximum Gasteiger partial charge on any atom is 0.249 e. The maximum absolute atomic E-state index is 12.2. The van der Waals surface area contributed by atoms with Crippen LogP contribution in [0.3, 0.4) is 0 Å². The van der Waals surface area contributed by atoms with Crippen molar-refractivity contribution in [3.05, 3.63) is 29.0 Å². The maximum atomic E-state index is 12.2. The molecule has 5 nitrogen and oxygen atoms in total. The number of benzene rings is 1. The fourth-order valence-electron chi connectivity index (χ4n) is 2.68. The van der Waals surface area contributed by atoms with Gasteiger partial charge in [-0.25, -0.2) is 4.98 Å². The second-order valence-corrected chi connectivity index (χ2v) is 5.70. The number of amides is 2. The van der Waals surface area contributed by atoms with Crippen LogP contribution in [0.2, 0.25) is 5.02 Å². The van der Waals surface area contributed by atoms with Crippen molar-refractivity contribution in [1.82, 2.24) is 14.9 Å². The number of imidazole rings is 1. The number of aryl methyl sites for hydroxylation is 1. The van der Waals surface area contributed by atoms with E-state index in [1.807, 2.05) is 16.7 Å². The highest BCUT2D eigenvalue weighted by Gasteiger charge is 2.31. The third kappa shape index (κ3) is 2.51. The number of carbonyl (C=O) groups excluding carboxylic acids is 2. The third-order valence-electron chi connectivity index (χ3n) is 3.57. The van der Waals surface area contributed by atoms with Gasteiger partial charge in [-0.15, -0.1) is 11.6 Å². The number of fused-ring (bicyclic) bond motifs is 1. The minimum absolute atomic E-state index is 0.245. The molecule has 0 bridgehead atoms. The predicted octanol–water partition coefficient (Wildman–Crippen LogP) is 2.45.